The summed E-state index contributed by atoms with van der Waals surface area (Å²) in [5.74, 6) is 0.585. The Kier molecular flexibility index (Phi) is 3.22. The zero-order valence-electron chi connectivity index (χ0n) is 8.43. The molecular weight excluding hydrogens is 226 g/mol. The molecule has 2 aromatic rings. The molecule has 0 saturated carbocycles. The molecule has 0 saturated heterocycles. The summed E-state index contributed by atoms with van der Waals surface area (Å²) in [7, 11) is 0. The largest absolute Gasteiger partial charge is 0.486 e. The molecule has 0 aliphatic rings. The molecule has 16 heavy (non-hydrogen) atoms. The summed E-state index contributed by atoms with van der Waals surface area (Å²) in [5, 5.41) is 0.490. The number of aromatic nitrogens is 2. The Hall–Kier alpha value is -1.81. The van der Waals surface area contributed by atoms with Gasteiger partial charge in [-0.1, -0.05) is 11.6 Å². The molecule has 4 nitrogen and oxygen atoms in total. The van der Waals surface area contributed by atoms with Gasteiger partial charge < -0.3 is 10.5 Å². The molecule has 2 rings (SSSR count). The second-order valence-electron chi connectivity index (χ2n) is 3.18. The van der Waals surface area contributed by atoms with Gasteiger partial charge in [0.2, 0.25) is 0 Å². The fourth-order valence-electron chi connectivity index (χ4n) is 1.19. The van der Waals surface area contributed by atoms with Crippen LogP contribution in [0.25, 0.3) is 0 Å². The van der Waals surface area contributed by atoms with E-state index in [4.69, 9.17) is 22.1 Å². The zero-order chi connectivity index (χ0) is 11.4. The van der Waals surface area contributed by atoms with Crippen LogP contribution in [0.5, 0.6) is 5.75 Å². The van der Waals surface area contributed by atoms with E-state index in [1.54, 1.807) is 36.8 Å². The van der Waals surface area contributed by atoms with Crippen LogP contribution in [0.2, 0.25) is 5.02 Å². The van der Waals surface area contributed by atoms with Crippen LogP contribution in [-0.2, 0) is 6.61 Å². The number of rotatable bonds is 3. The summed E-state index contributed by atoms with van der Waals surface area (Å²) in [6, 6.07) is 5.11. The van der Waals surface area contributed by atoms with Crippen molar-refractivity contribution in [2.45, 2.75) is 6.61 Å². The van der Waals surface area contributed by atoms with E-state index in [1.165, 1.54) is 0 Å². The van der Waals surface area contributed by atoms with Gasteiger partial charge >= 0.3 is 0 Å². The lowest BCUT2D eigenvalue weighted by Crippen LogP contribution is -1.99. The summed E-state index contributed by atoms with van der Waals surface area (Å²) in [6.45, 7) is 0.331. The molecule has 0 radical (unpaired) electrons. The lowest BCUT2D eigenvalue weighted by atomic mass is 10.3. The van der Waals surface area contributed by atoms with Crippen molar-refractivity contribution in [2.24, 2.45) is 0 Å². The normalized spacial score (nSPS) is 10.1. The number of nitrogen functional groups attached to an aromatic ring is 1. The number of ether oxygens (including phenoxy) is 1. The minimum atomic E-state index is 0.331. The van der Waals surface area contributed by atoms with Crippen LogP contribution in [0.1, 0.15) is 5.69 Å². The van der Waals surface area contributed by atoms with Gasteiger partial charge in [-0.2, -0.15) is 0 Å². The highest BCUT2D eigenvalue weighted by atomic mass is 35.5. The maximum absolute atomic E-state index is 5.95. The van der Waals surface area contributed by atoms with Crippen molar-refractivity contribution in [3.8, 4) is 5.75 Å². The Morgan fingerprint density at radius 2 is 2.19 bits per heavy atom. The first-order chi connectivity index (χ1) is 7.75. The van der Waals surface area contributed by atoms with Crippen LogP contribution >= 0.6 is 11.6 Å². The number of nitrogens with zero attached hydrogens (tertiary/aromatic N) is 2. The van der Waals surface area contributed by atoms with E-state index >= 15 is 0 Å². The molecule has 82 valence electrons. The Balaban J connectivity index is 2.05. The highest BCUT2D eigenvalue weighted by molar-refractivity contribution is 6.32. The van der Waals surface area contributed by atoms with E-state index in [0.29, 0.717) is 23.1 Å². The predicted octanol–water partition coefficient (Wildman–Crippen LogP) is 2.29. The predicted molar refractivity (Wildman–Crippen MR) is 62.2 cm³/mol. The quantitative estimate of drug-likeness (QED) is 0.830. The third-order valence-corrected chi connectivity index (χ3v) is 2.24. The van der Waals surface area contributed by atoms with Crippen molar-refractivity contribution in [3.05, 3.63) is 47.5 Å². The molecule has 1 aromatic carbocycles. The van der Waals surface area contributed by atoms with Crippen molar-refractivity contribution in [2.75, 3.05) is 5.73 Å². The van der Waals surface area contributed by atoms with Crippen LogP contribution in [0.15, 0.2) is 36.8 Å². The number of nitrogens with two attached hydrogens (primary N) is 1. The lowest BCUT2D eigenvalue weighted by molar-refractivity contribution is 0.301. The first-order valence-corrected chi connectivity index (χ1v) is 5.06. The van der Waals surface area contributed by atoms with Crippen LogP contribution in [0.3, 0.4) is 0 Å². The Bertz CT molecular complexity index is 476. The van der Waals surface area contributed by atoms with Crippen molar-refractivity contribution in [1.29, 1.82) is 0 Å². The summed E-state index contributed by atoms with van der Waals surface area (Å²) in [5.41, 5.74) is 6.93. The molecule has 1 heterocycles. The Morgan fingerprint density at radius 1 is 1.31 bits per heavy atom. The fourth-order valence-corrected chi connectivity index (χ4v) is 1.43. The summed E-state index contributed by atoms with van der Waals surface area (Å²) in [6.07, 6.45) is 4.87. The minimum absolute atomic E-state index is 0.331. The molecule has 0 bridgehead atoms. The highest BCUT2D eigenvalue weighted by Crippen LogP contribution is 2.26. The van der Waals surface area contributed by atoms with Crippen LogP contribution in [0.4, 0.5) is 5.69 Å². The van der Waals surface area contributed by atoms with E-state index < -0.39 is 0 Å². The number of anilines is 1. The second-order valence-corrected chi connectivity index (χ2v) is 3.58. The van der Waals surface area contributed by atoms with Gasteiger partial charge in [-0.05, 0) is 18.2 Å². The molecule has 0 amide bonds. The van der Waals surface area contributed by atoms with Crippen LogP contribution in [-0.4, -0.2) is 9.97 Å². The van der Waals surface area contributed by atoms with Crippen LogP contribution in [0, 0.1) is 0 Å². The fraction of sp³-hybridized carbons (Fsp3) is 0.0909. The smallest absolute Gasteiger partial charge is 0.138 e. The Morgan fingerprint density at radius 3 is 2.88 bits per heavy atom. The molecule has 1 aromatic heterocycles. The summed E-state index contributed by atoms with van der Waals surface area (Å²) < 4.78 is 5.49. The number of hydrogen-bond acceptors (Lipinski definition) is 4. The van der Waals surface area contributed by atoms with E-state index in [2.05, 4.69) is 9.97 Å². The molecule has 0 aliphatic heterocycles. The van der Waals surface area contributed by atoms with Crippen LogP contribution < -0.4 is 10.5 Å². The van der Waals surface area contributed by atoms with E-state index in [1.807, 2.05) is 0 Å². The third-order valence-electron chi connectivity index (χ3n) is 1.95. The molecule has 2 N–H and O–H groups in total. The first-order valence-electron chi connectivity index (χ1n) is 4.68. The van der Waals surface area contributed by atoms with Gasteiger partial charge in [0.05, 0.1) is 16.9 Å². The lowest BCUT2D eigenvalue weighted by Gasteiger charge is -2.07. The van der Waals surface area contributed by atoms with Crippen molar-refractivity contribution < 1.29 is 4.74 Å². The van der Waals surface area contributed by atoms with Gasteiger partial charge in [0.25, 0.3) is 0 Å². The first kappa shape index (κ1) is 10.7. The molecule has 0 aliphatic carbocycles. The van der Waals surface area contributed by atoms with Crippen molar-refractivity contribution >= 4 is 17.3 Å². The number of halogens is 1. The van der Waals surface area contributed by atoms with Gasteiger partial charge in [-0.3, -0.25) is 9.97 Å². The average Bonchev–Trinajstić information content (AvgIpc) is 2.29. The van der Waals surface area contributed by atoms with Crippen molar-refractivity contribution in [1.82, 2.24) is 9.97 Å². The van der Waals surface area contributed by atoms with E-state index in [-0.39, 0.29) is 0 Å². The standard InChI is InChI=1S/C11H10ClN3O/c12-10-5-8(13)1-2-11(10)16-7-9-6-14-3-4-15-9/h1-6H,7,13H2. The number of hydrogen-bond donors (Lipinski definition) is 1. The second kappa shape index (κ2) is 4.81. The maximum atomic E-state index is 5.95. The van der Waals surface area contributed by atoms with Gasteiger partial charge in [0.15, 0.2) is 0 Å². The molecule has 0 atom stereocenters. The van der Waals surface area contributed by atoms with Gasteiger partial charge in [0, 0.05) is 18.1 Å². The molecule has 0 fully saturated rings. The van der Waals surface area contributed by atoms with E-state index in [9.17, 15) is 0 Å². The van der Waals surface area contributed by atoms with Gasteiger partial charge in [-0.25, -0.2) is 0 Å². The topological polar surface area (TPSA) is 61.0 Å². The van der Waals surface area contributed by atoms with E-state index in [0.717, 1.165) is 5.69 Å². The zero-order valence-corrected chi connectivity index (χ0v) is 9.19. The molecule has 5 heteroatoms. The maximum Gasteiger partial charge on any atom is 0.138 e. The number of benzene rings is 1. The molecule has 0 spiro atoms. The Labute approximate surface area is 98.0 Å². The van der Waals surface area contributed by atoms with Gasteiger partial charge in [-0.15, -0.1) is 0 Å². The third kappa shape index (κ3) is 2.61. The molecule has 0 unspecified atom stereocenters. The highest BCUT2D eigenvalue weighted by Gasteiger charge is 2.02. The van der Waals surface area contributed by atoms with Crippen molar-refractivity contribution in [3.63, 3.8) is 0 Å². The summed E-state index contributed by atoms with van der Waals surface area (Å²) >= 11 is 5.95. The monoisotopic (exact) mass is 235 g/mol. The SMILES string of the molecule is Nc1ccc(OCc2cnccn2)c(Cl)c1. The van der Waals surface area contributed by atoms with Gasteiger partial charge in [0.1, 0.15) is 12.4 Å². The minimum Gasteiger partial charge on any atom is -0.486 e. The summed E-state index contributed by atoms with van der Waals surface area (Å²) in [4.78, 5) is 8.02. The molecular formula is C11H10ClN3O. The average molecular weight is 236 g/mol.